The van der Waals surface area contributed by atoms with E-state index in [1.54, 1.807) is 0 Å². The van der Waals surface area contributed by atoms with E-state index < -0.39 is 0 Å². The number of anilines is 3. The van der Waals surface area contributed by atoms with E-state index in [9.17, 15) is 0 Å². The van der Waals surface area contributed by atoms with Crippen LogP contribution in [0.15, 0.2) is 249 Å². The van der Waals surface area contributed by atoms with E-state index in [0.29, 0.717) is 0 Å². The van der Waals surface area contributed by atoms with Gasteiger partial charge in [-0.1, -0.05) is 176 Å². The molecule has 63 heavy (non-hydrogen) atoms. The lowest BCUT2D eigenvalue weighted by Crippen LogP contribution is -2.13. The fourth-order valence-corrected chi connectivity index (χ4v) is 9.61. The van der Waals surface area contributed by atoms with E-state index in [4.69, 9.17) is 0 Å². The van der Waals surface area contributed by atoms with Crippen LogP contribution in [-0.2, 0) is 0 Å². The van der Waals surface area contributed by atoms with Crippen LogP contribution < -0.4 is 4.90 Å². The zero-order chi connectivity index (χ0) is 41.7. The Morgan fingerprint density at radius 2 is 0.714 bits per heavy atom. The second kappa shape index (κ2) is 15.3. The number of nitrogens with zero attached hydrogens (tertiary/aromatic N) is 3. The Balaban J connectivity index is 1.13. The molecule has 0 aliphatic heterocycles. The van der Waals surface area contributed by atoms with E-state index in [1.165, 1.54) is 60.3 Å². The Hall–Kier alpha value is -8.40. The lowest BCUT2D eigenvalue weighted by molar-refractivity contribution is 1.17. The first kappa shape index (κ1) is 36.5. The van der Waals surface area contributed by atoms with Gasteiger partial charge in [-0.25, -0.2) is 0 Å². The fourth-order valence-electron chi connectivity index (χ4n) is 9.61. The van der Waals surface area contributed by atoms with Gasteiger partial charge < -0.3 is 14.0 Å². The van der Waals surface area contributed by atoms with Crippen LogP contribution in [0.1, 0.15) is 0 Å². The van der Waals surface area contributed by atoms with Gasteiger partial charge in [0, 0.05) is 49.9 Å². The van der Waals surface area contributed by atoms with Crippen molar-refractivity contribution in [2.75, 3.05) is 4.90 Å². The first-order valence-electron chi connectivity index (χ1n) is 21.6. The normalized spacial score (nSPS) is 11.5. The summed E-state index contributed by atoms with van der Waals surface area (Å²) in [5.41, 5.74) is 17.3. The van der Waals surface area contributed by atoms with Crippen LogP contribution in [0, 0.1) is 0 Å². The average Bonchev–Trinajstić information content (AvgIpc) is 3.88. The highest BCUT2D eigenvalue weighted by molar-refractivity contribution is 6.18. The highest BCUT2D eigenvalue weighted by Gasteiger charge is 2.26. The Kier molecular flexibility index (Phi) is 8.83. The molecule has 10 aromatic carbocycles. The molecule has 0 radical (unpaired) electrons. The van der Waals surface area contributed by atoms with Crippen molar-refractivity contribution in [3.05, 3.63) is 249 Å². The van der Waals surface area contributed by atoms with Crippen LogP contribution in [0.3, 0.4) is 0 Å². The predicted octanol–water partition coefficient (Wildman–Crippen LogP) is 16.4. The molecule has 0 spiro atoms. The number of aromatic nitrogens is 2. The van der Waals surface area contributed by atoms with Crippen LogP contribution >= 0.6 is 0 Å². The van der Waals surface area contributed by atoms with Crippen molar-refractivity contribution in [2.24, 2.45) is 0 Å². The van der Waals surface area contributed by atoms with Gasteiger partial charge in [0.25, 0.3) is 0 Å². The second-order valence-corrected chi connectivity index (χ2v) is 16.1. The number of hydrogen-bond donors (Lipinski definition) is 0. The first-order chi connectivity index (χ1) is 31.3. The molecule has 0 atom stereocenters. The molecule has 0 aliphatic rings. The number of hydrogen-bond acceptors (Lipinski definition) is 1. The molecule has 0 N–H and O–H groups in total. The minimum Gasteiger partial charge on any atom is -0.309 e. The third kappa shape index (κ3) is 6.21. The van der Waals surface area contributed by atoms with Crippen molar-refractivity contribution in [3.63, 3.8) is 0 Å². The summed E-state index contributed by atoms with van der Waals surface area (Å²) in [6.07, 6.45) is 0. The molecule has 12 aromatic rings. The zero-order valence-electron chi connectivity index (χ0n) is 34.5. The summed E-state index contributed by atoms with van der Waals surface area (Å²) in [6.45, 7) is 0. The van der Waals surface area contributed by atoms with Crippen molar-refractivity contribution in [3.8, 4) is 44.8 Å². The largest absolute Gasteiger partial charge is 0.309 e. The molecular weight excluding hydrogens is 763 g/mol. The molecule has 0 amide bonds. The zero-order valence-corrected chi connectivity index (χ0v) is 34.5. The van der Waals surface area contributed by atoms with Crippen molar-refractivity contribution < 1.29 is 0 Å². The highest BCUT2D eigenvalue weighted by atomic mass is 15.2. The molecule has 2 aromatic heterocycles. The van der Waals surface area contributed by atoms with Crippen molar-refractivity contribution >= 4 is 60.7 Å². The van der Waals surface area contributed by atoms with Crippen molar-refractivity contribution in [2.45, 2.75) is 0 Å². The van der Waals surface area contributed by atoms with E-state index in [1.807, 2.05) is 0 Å². The maximum absolute atomic E-state index is 2.46. The lowest BCUT2D eigenvalue weighted by atomic mass is 9.97. The van der Waals surface area contributed by atoms with Gasteiger partial charge >= 0.3 is 0 Å². The van der Waals surface area contributed by atoms with E-state index >= 15 is 0 Å². The number of benzene rings is 10. The maximum atomic E-state index is 2.46. The molecule has 0 saturated carbocycles. The van der Waals surface area contributed by atoms with Crippen LogP contribution in [0.2, 0.25) is 0 Å². The standard InChI is InChI=1S/C60H41N3/c1-5-17-42(18-6-1)44-29-34-49(35-30-44)61(47-21-9-3-10-22-47)59-51(38-39-54-52-25-13-16-28-57(52)63(60(54)59)48-23-11-4-12-24-48)46-33-40-58-55(41-46)53-26-14-15-27-56(53)62(58)50-36-31-45(32-37-50)43-19-7-2-8-20-43/h1-41H. The summed E-state index contributed by atoms with van der Waals surface area (Å²) in [5.74, 6) is 0. The van der Waals surface area contributed by atoms with Crippen molar-refractivity contribution in [1.29, 1.82) is 0 Å². The quantitative estimate of drug-likeness (QED) is 0.149. The predicted molar refractivity (Wildman–Crippen MR) is 266 cm³/mol. The number of fused-ring (bicyclic) bond motifs is 6. The van der Waals surface area contributed by atoms with E-state index in [0.717, 1.165) is 45.1 Å². The molecule has 0 fully saturated rings. The van der Waals surface area contributed by atoms with Gasteiger partial charge in [0.05, 0.1) is 27.8 Å². The van der Waals surface area contributed by atoms with Gasteiger partial charge in [-0.15, -0.1) is 0 Å². The smallest absolute Gasteiger partial charge is 0.0788 e. The van der Waals surface area contributed by atoms with E-state index in [-0.39, 0.29) is 0 Å². The molecule has 0 saturated heterocycles. The highest BCUT2D eigenvalue weighted by Crippen LogP contribution is 2.49. The molecule has 0 bridgehead atoms. The summed E-state index contributed by atoms with van der Waals surface area (Å²) in [4.78, 5) is 2.46. The Labute approximate surface area is 366 Å². The summed E-state index contributed by atoms with van der Waals surface area (Å²) >= 11 is 0. The second-order valence-electron chi connectivity index (χ2n) is 16.1. The molecular formula is C60H41N3. The minimum absolute atomic E-state index is 1.08. The number of rotatable bonds is 8. The third-order valence-corrected chi connectivity index (χ3v) is 12.5. The van der Waals surface area contributed by atoms with E-state index in [2.05, 4.69) is 263 Å². The Bertz CT molecular complexity index is 3570. The first-order valence-corrected chi connectivity index (χ1v) is 21.6. The van der Waals surface area contributed by atoms with Crippen LogP contribution in [0.4, 0.5) is 17.1 Å². The van der Waals surface area contributed by atoms with Gasteiger partial charge in [0.15, 0.2) is 0 Å². The number of para-hydroxylation sites is 4. The molecule has 3 heteroatoms. The summed E-state index contributed by atoms with van der Waals surface area (Å²) in [7, 11) is 0. The Morgan fingerprint density at radius 1 is 0.270 bits per heavy atom. The van der Waals surface area contributed by atoms with Crippen LogP contribution in [0.25, 0.3) is 88.4 Å². The summed E-state index contributed by atoms with van der Waals surface area (Å²) in [6, 6.07) is 90.2. The molecule has 2 heterocycles. The topological polar surface area (TPSA) is 13.1 Å². The minimum atomic E-state index is 1.08. The van der Waals surface area contributed by atoms with Crippen LogP contribution in [0.5, 0.6) is 0 Å². The lowest BCUT2D eigenvalue weighted by Gasteiger charge is -2.29. The van der Waals surface area contributed by atoms with Gasteiger partial charge in [-0.3, -0.25) is 0 Å². The van der Waals surface area contributed by atoms with Gasteiger partial charge in [0.2, 0.25) is 0 Å². The molecule has 3 nitrogen and oxygen atoms in total. The SMILES string of the molecule is c1ccc(-c2ccc(N(c3ccccc3)c3c(-c4ccc5c(c4)c4ccccc4n5-c4ccc(-c5ccccc5)cc4)ccc4c5ccccc5n(-c5ccccc5)c34)cc2)cc1. The Morgan fingerprint density at radius 3 is 1.35 bits per heavy atom. The average molecular weight is 804 g/mol. The summed E-state index contributed by atoms with van der Waals surface area (Å²) < 4.78 is 4.87. The maximum Gasteiger partial charge on any atom is 0.0788 e. The molecule has 0 aliphatic carbocycles. The summed E-state index contributed by atoms with van der Waals surface area (Å²) in [5, 5.41) is 4.85. The molecule has 12 rings (SSSR count). The fraction of sp³-hybridized carbons (Fsp3) is 0. The monoisotopic (exact) mass is 803 g/mol. The van der Waals surface area contributed by atoms with Gasteiger partial charge in [-0.2, -0.15) is 0 Å². The van der Waals surface area contributed by atoms with Gasteiger partial charge in [-0.05, 0) is 101 Å². The van der Waals surface area contributed by atoms with Gasteiger partial charge in [0.1, 0.15) is 0 Å². The van der Waals surface area contributed by atoms with Crippen molar-refractivity contribution in [1.82, 2.24) is 9.13 Å². The van der Waals surface area contributed by atoms with Crippen LogP contribution in [-0.4, -0.2) is 9.13 Å². The molecule has 296 valence electrons. The molecule has 0 unspecified atom stereocenters. The third-order valence-electron chi connectivity index (χ3n) is 12.5.